The number of anilines is 1. The van der Waals surface area contributed by atoms with E-state index in [4.69, 9.17) is 0 Å². The number of nitrogens with one attached hydrogen (secondary N) is 1. The molecule has 0 aliphatic rings. The highest BCUT2D eigenvalue weighted by atomic mass is 32.1. The van der Waals surface area contributed by atoms with Crippen LogP contribution in [0.2, 0.25) is 0 Å². The fourth-order valence-corrected chi connectivity index (χ4v) is 3.05. The van der Waals surface area contributed by atoms with Gasteiger partial charge in [-0.3, -0.25) is 4.90 Å². The second-order valence-electron chi connectivity index (χ2n) is 6.11. The first-order chi connectivity index (χ1) is 8.89. The molecule has 104 valence electrons. The van der Waals surface area contributed by atoms with Crippen LogP contribution in [0.3, 0.4) is 0 Å². The van der Waals surface area contributed by atoms with Crippen molar-refractivity contribution in [2.45, 2.75) is 27.3 Å². The maximum absolute atomic E-state index is 4.64. The molecule has 0 spiro atoms. The van der Waals surface area contributed by atoms with Gasteiger partial charge in [0.1, 0.15) is 16.5 Å². The molecule has 0 aliphatic heterocycles. The van der Waals surface area contributed by atoms with Crippen molar-refractivity contribution >= 4 is 27.4 Å². The van der Waals surface area contributed by atoms with Crippen molar-refractivity contribution in [2.75, 3.05) is 26.0 Å². The van der Waals surface area contributed by atoms with Crippen LogP contribution in [0.25, 0.3) is 10.2 Å². The number of hydrogen-bond acceptors (Lipinski definition) is 5. The number of rotatable bonds is 4. The summed E-state index contributed by atoms with van der Waals surface area (Å²) in [5.41, 5.74) is 0.285. The van der Waals surface area contributed by atoms with Crippen molar-refractivity contribution in [2.24, 2.45) is 5.41 Å². The van der Waals surface area contributed by atoms with E-state index in [0.717, 1.165) is 34.9 Å². The van der Waals surface area contributed by atoms with E-state index in [9.17, 15) is 0 Å². The van der Waals surface area contributed by atoms with Crippen LogP contribution in [0.15, 0.2) is 11.4 Å². The summed E-state index contributed by atoms with van der Waals surface area (Å²) in [6, 6.07) is 2.06. The Labute approximate surface area is 118 Å². The molecule has 2 aromatic rings. The van der Waals surface area contributed by atoms with Gasteiger partial charge in [-0.05, 0) is 23.9 Å². The molecule has 0 atom stereocenters. The summed E-state index contributed by atoms with van der Waals surface area (Å²) < 4.78 is 0. The Morgan fingerprint density at radius 2 is 2.05 bits per heavy atom. The average Bonchev–Trinajstić information content (AvgIpc) is 2.73. The van der Waals surface area contributed by atoms with E-state index >= 15 is 0 Å². The molecular formula is C14H22N4S. The molecule has 0 aromatic carbocycles. The molecule has 2 rings (SSSR count). The molecule has 0 fully saturated rings. The van der Waals surface area contributed by atoms with Crippen molar-refractivity contribution in [1.29, 1.82) is 0 Å². The van der Waals surface area contributed by atoms with Gasteiger partial charge in [0, 0.05) is 13.6 Å². The molecule has 0 amide bonds. The first-order valence-corrected chi connectivity index (χ1v) is 7.37. The standard InChI is InChI=1S/C14H22N4S/c1-14(2,3)9-18(5)8-11-16-12(15-4)10-6-7-19-13(10)17-11/h6-7H,8-9H2,1-5H3,(H,15,16,17). The number of aromatic nitrogens is 2. The minimum atomic E-state index is 0.285. The van der Waals surface area contributed by atoms with E-state index in [-0.39, 0.29) is 5.41 Å². The molecule has 0 radical (unpaired) electrons. The van der Waals surface area contributed by atoms with E-state index < -0.39 is 0 Å². The lowest BCUT2D eigenvalue weighted by molar-refractivity contribution is 0.217. The highest BCUT2D eigenvalue weighted by Gasteiger charge is 2.15. The van der Waals surface area contributed by atoms with Gasteiger partial charge in [-0.25, -0.2) is 9.97 Å². The van der Waals surface area contributed by atoms with E-state index in [1.54, 1.807) is 11.3 Å². The zero-order valence-corrected chi connectivity index (χ0v) is 13.1. The molecule has 2 aromatic heterocycles. The summed E-state index contributed by atoms with van der Waals surface area (Å²) in [5.74, 6) is 1.80. The van der Waals surface area contributed by atoms with Crippen LogP contribution in [-0.2, 0) is 6.54 Å². The molecule has 2 heterocycles. The van der Waals surface area contributed by atoms with E-state index in [1.807, 2.05) is 7.05 Å². The van der Waals surface area contributed by atoms with E-state index in [0.29, 0.717) is 0 Å². The smallest absolute Gasteiger partial charge is 0.146 e. The highest BCUT2D eigenvalue weighted by molar-refractivity contribution is 7.16. The first kappa shape index (κ1) is 14.2. The Hall–Kier alpha value is -1.20. The lowest BCUT2D eigenvalue weighted by Crippen LogP contribution is -2.29. The molecule has 1 N–H and O–H groups in total. The van der Waals surface area contributed by atoms with Crippen molar-refractivity contribution in [3.63, 3.8) is 0 Å². The third kappa shape index (κ3) is 3.64. The highest BCUT2D eigenvalue weighted by Crippen LogP contribution is 2.25. The maximum Gasteiger partial charge on any atom is 0.146 e. The molecule has 0 saturated carbocycles. The van der Waals surface area contributed by atoms with Crippen LogP contribution in [-0.4, -0.2) is 35.5 Å². The third-order valence-electron chi connectivity index (χ3n) is 2.76. The summed E-state index contributed by atoms with van der Waals surface area (Å²) in [4.78, 5) is 12.6. The van der Waals surface area contributed by atoms with Gasteiger partial charge >= 0.3 is 0 Å². The van der Waals surface area contributed by atoms with Crippen molar-refractivity contribution in [1.82, 2.24) is 14.9 Å². The summed E-state index contributed by atoms with van der Waals surface area (Å²) in [5, 5.41) is 6.32. The summed E-state index contributed by atoms with van der Waals surface area (Å²) in [6.45, 7) is 8.52. The van der Waals surface area contributed by atoms with Gasteiger partial charge in [0.05, 0.1) is 11.9 Å². The lowest BCUT2D eigenvalue weighted by Gasteiger charge is -2.25. The minimum absolute atomic E-state index is 0.285. The van der Waals surface area contributed by atoms with Crippen LogP contribution in [0.4, 0.5) is 5.82 Å². The van der Waals surface area contributed by atoms with Crippen molar-refractivity contribution < 1.29 is 0 Å². The Morgan fingerprint density at radius 1 is 1.32 bits per heavy atom. The van der Waals surface area contributed by atoms with Gasteiger partial charge in [-0.15, -0.1) is 11.3 Å². The Bertz CT molecular complexity index is 556. The van der Waals surface area contributed by atoms with Gasteiger partial charge in [0.2, 0.25) is 0 Å². The number of fused-ring (bicyclic) bond motifs is 1. The van der Waals surface area contributed by atoms with Crippen LogP contribution in [0.1, 0.15) is 26.6 Å². The number of hydrogen-bond donors (Lipinski definition) is 1. The zero-order chi connectivity index (χ0) is 14.0. The monoisotopic (exact) mass is 278 g/mol. The SMILES string of the molecule is CNc1nc(CN(C)CC(C)(C)C)nc2sccc12. The minimum Gasteiger partial charge on any atom is -0.372 e. The summed E-state index contributed by atoms with van der Waals surface area (Å²) in [7, 11) is 4.02. The molecule has 0 saturated heterocycles. The van der Waals surface area contributed by atoms with Gasteiger partial charge in [0.25, 0.3) is 0 Å². The van der Waals surface area contributed by atoms with Crippen LogP contribution in [0, 0.1) is 5.41 Å². The topological polar surface area (TPSA) is 41.1 Å². The summed E-state index contributed by atoms with van der Waals surface area (Å²) in [6.07, 6.45) is 0. The fraction of sp³-hybridized carbons (Fsp3) is 0.571. The number of thiophene rings is 1. The molecule has 0 bridgehead atoms. The van der Waals surface area contributed by atoms with Crippen molar-refractivity contribution in [3.8, 4) is 0 Å². The fourth-order valence-electron chi connectivity index (χ4n) is 2.27. The predicted molar refractivity (Wildman–Crippen MR) is 82.8 cm³/mol. The van der Waals surface area contributed by atoms with Gasteiger partial charge in [-0.1, -0.05) is 20.8 Å². The molecule has 4 nitrogen and oxygen atoms in total. The van der Waals surface area contributed by atoms with Crippen molar-refractivity contribution in [3.05, 3.63) is 17.3 Å². The quantitative estimate of drug-likeness (QED) is 0.932. The first-order valence-electron chi connectivity index (χ1n) is 6.49. The largest absolute Gasteiger partial charge is 0.372 e. The Morgan fingerprint density at radius 3 is 2.68 bits per heavy atom. The van der Waals surface area contributed by atoms with Crippen LogP contribution in [0.5, 0.6) is 0 Å². The molecular weight excluding hydrogens is 256 g/mol. The van der Waals surface area contributed by atoms with Crippen LogP contribution >= 0.6 is 11.3 Å². The second-order valence-corrected chi connectivity index (χ2v) is 7.01. The van der Waals surface area contributed by atoms with Gasteiger partial charge in [0.15, 0.2) is 0 Å². The summed E-state index contributed by atoms with van der Waals surface area (Å²) >= 11 is 1.66. The van der Waals surface area contributed by atoms with Crippen LogP contribution < -0.4 is 5.32 Å². The Balaban J connectivity index is 2.21. The molecule has 0 aliphatic carbocycles. The maximum atomic E-state index is 4.64. The normalized spacial score (nSPS) is 12.3. The number of nitrogens with zero attached hydrogens (tertiary/aromatic N) is 3. The lowest BCUT2D eigenvalue weighted by atomic mass is 9.96. The predicted octanol–water partition coefficient (Wildman–Crippen LogP) is 3.21. The third-order valence-corrected chi connectivity index (χ3v) is 3.57. The van der Waals surface area contributed by atoms with E-state index in [1.165, 1.54) is 0 Å². The zero-order valence-electron chi connectivity index (χ0n) is 12.3. The molecule has 5 heteroatoms. The van der Waals surface area contributed by atoms with Gasteiger partial charge in [-0.2, -0.15) is 0 Å². The molecule has 0 unspecified atom stereocenters. The average molecular weight is 278 g/mol. The Kier molecular flexibility index (Phi) is 4.06. The second kappa shape index (κ2) is 5.43. The van der Waals surface area contributed by atoms with Gasteiger partial charge < -0.3 is 5.32 Å². The van der Waals surface area contributed by atoms with E-state index in [2.05, 4.69) is 59.4 Å². The molecule has 19 heavy (non-hydrogen) atoms.